The Balaban J connectivity index is 2.11. The van der Waals surface area contributed by atoms with Crippen molar-refractivity contribution in [3.05, 3.63) is 35.1 Å². The average Bonchev–Trinajstić information content (AvgIpc) is 2.27. The highest BCUT2D eigenvalue weighted by Crippen LogP contribution is 2.34. The van der Waals surface area contributed by atoms with Gasteiger partial charge in [-0.3, -0.25) is 4.90 Å². The Morgan fingerprint density at radius 1 is 1.43 bits per heavy atom. The van der Waals surface area contributed by atoms with Gasteiger partial charge in [-0.25, -0.2) is 9.18 Å². The summed E-state index contributed by atoms with van der Waals surface area (Å²) >= 11 is -1.77. The fourth-order valence-electron chi connectivity index (χ4n) is 1.99. The van der Waals surface area contributed by atoms with Gasteiger partial charge in [0.15, 0.2) is 5.25 Å². The molecule has 0 radical (unpaired) electrons. The van der Waals surface area contributed by atoms with Crippen LogP contribution in [0.3, 0.4) is 0 Å². The lowest BCUT2D eigenvalue weighted by molar-refractivity contribution is -0.138. The Kier molecular flexibility index (Phi) is 4.33. The van der Waals surface area contributed by atoms with Gasteiger partial charge < -0.3 is 9.66 Å². The number of halogens is 4. The molecule has 2 rings (SSSR count). The van der Waals surface area contributed by atoms with Crippen molar-refractivity contribution in [2.24, 2.45) is 0 Å². The molecule has 0 aliphatic carbocycles. The first-order valence-corrected chi connectivity index (χ1v) is 7.28. The molecular formula is C12H11F4NO3S. The number of carbonyl (C=O) groups is 1. The lowest BCUT2D eigenvalue weighted by atomic mass is 10.1. The number of rotatable bonds is 3. The molecule has 1 atom stereocenters. The van der Waals surface area contributed by atoms with Crippen LogP contribution in [-0.2, 0) is 23.1 Å². The van der Waals surface area contributed by atoms with E-state index in [1.54, 1.807) is 0 Å². The van der Waals surface area contributed by atoms with Crippen molar-refractivity contribution in [2.45, 2.75) is 17.2 Å². The Bertz CT molecular complexity index is 546. The monoisotopic (exact) mass is 325 g/mol. The van der Waals surface area contributed by atoms with Crippen molar-refractivity contribution in [2.75, 3.05) is 13.1 Å². The van der Waals surface area contributed by atoms with Crippen LogP contribution in [0.15, 0.2) is 18.2 Å². The molecule has 1 aromatic rings. The van der Waals surface area contributed by atoms with E-state index in [1.807, 2.05) is 0 Å². The van der Waals surface area contributed by atoms with Crippen LogP contribution >= 0.6 is 0 Å². The molecular weight excluding hydrogens is 314 g/mol. The second-order valence-electron chi connectivity index (χ2n) is 4.60. The molecule has 0 spiro atoms. The molecule has 1 amide bonds. The van der Waals surface area contributed by atoms with E-state index in [-0.39, 0.29) is 13.1 Å². The third kappa shape index (κ3) is 3.41. The fraction of sp³-hybridized carbons (Fsp3) is 0.417. The number of hydrogen-bond acceptors (Lipinski definition) is 2. The zero-order valence-electron chi connectivity index (χ0n) is 10.6. The van der Waals surface area contributed by atoms with Gasteiger partial charge in [0.1, 0.15) is 11.6 Å². The minimum absolute atomic E-state index is 0.0161. The highest BCUT2D eigenvalue weighted by molar-refractivity contribution is 7.91. The maximum Gasteiger partial charge on any atom is 0.416 e. The van der Waals surface area contributed by atoms with Gasteiger partial charge in [-0.15, -0.1) is 0 Å². The smallest absolute Gasteiger partial charge is 0.416 e. The van der Waals surface area contributed by atoms with Crippen molar-refractivity contribution in [3.8, 4) is 0 Å². The van der Waals surface area contributed by atoms with Crippen molar-refractivity contribution in [3.63, 3.8) is 0 Å². The van der Waals surface area contributed by atoms with Crippen molar-refractivity contribution in [1.82, 2.24) is 4.90 Å². The van der Waals surface area contributed by atoms with Crippen molar-refractivity contribution < 1.29 is 32.0 Å². The number of likely N-dealkylation sites (tertiary alicyclic amines) is 1. The van der Waals surface area contributed by atoms with Crippen LogP contribution in [0.1, 0.15) is 11.1 Å². The summed E-state index contributed by atoms with van der Waals surface area (Å²) in [6, 6.07) is 2.56. The van der Waals surface area contributed by atoms with E-state index < -0.39 is 51.4 Å². The first kappa shape index (κ1) is 15.9. The predicted molar refractivity (Wildman–Crippen MR) is 66.6 cm³/mol. The van der Waals surface area contributed by atoms with Gasteiger partial charge in [-0.2, -0.15) is 13.2 Å². The van der Waals surface area contributed by atoms with E-state index in [4.69, 9.17) is 5.11 Å². The molecule has 1 N–H and O–H groups in total. The SMILES string of the molecule is O=C(O)N1CC([S+]([O-])Cc2c(F)cccc2C(F)(F)F)C1. The van der Waals surface area contributed by atoms with Crippen LogP contribution < -0.4 is 0 Å². The molecule has 1 aliphatic rings. The van der Waals surface area contributed by atoms with E-state index >= 15 is 0 Å². The average molecular weight is 325 g/mol. The van der Waals surface area contributed by atoms with E-state index in [0.29, 0.717) is 0 Å². The van der Waals surface area contributed by atoms with Gasteiger partial charge in [0.2, 0.25) is 0 Å². The summed E-state index contributed by atoms with van der Waals surface area (Å²) in [5, 5.41) is 8.07. The summed E-state index contributed by atoms with van der Waals surface area (Å²) in [6.07, 6.45) is -5.90. The minimum atomic E-state index is -4.73. The van der Waals surface area contributed by atoms with Gasteiger partial charge in [0.05, 0.1) is 18.7 Å². The molecule has 116 valence electrons. The normalized spacial score (nSPS) is 17.5. The summed E-state index contributed by atoms with van der Waals surface area (Å²) in [5.74, 6) is -1.65. The van der Waals surface area contributed by atoms with Gasteiger partial charge in [0.25, 0.3) is 0 Å². The van der Waals surface area contributed by atoms with Crippen LogP contribution in [0, 0.1) is 5.82 Å². The van der Waals surface area contributed by atoms with Crippen molar-refractivity contribution >= 4 is 17.3 Å². The molecule has 1 unspecified atom stereocenters. The molecule has 1 aromatic carbocycles. The zero-order chi connectivity index (χ0) is 15.8. The second-order valence-corrected chi connectivity index (χ2v) is 6.32. The lowest BCUT2D eigenvalue weighted by Crippen LogP contribution is -2.56. The summed E-state index contributed by atoms with van der Waals surface area (Å²) in [4.78, 5) is 11.6. The summed E-state index contributed by atoms with van der Waals surface area (Å²) in [6.45, 7) is -0.0322. The topological polar surface area (TPSA) is 63.6 Å². The van der Waals surface area contributed by atoms with Gasteiger partial charge in [-0.1, -0.05) is 6.07 Å². The summed E-state index contributed by atoms with van der Waals surface area (Å²) in [7, 11) is 0. The highest BCUT2D eigenvalue weighted by Gasteiger charge is 2.41. The molecule has 1 heterocycles. The van der Waals surface area contributed by atoms with Crippen LogP contribution in [-0.4, -0.2) is 39.0 Å². The van der Waals surface area contributed by atoms with Crippen LogP contribution in [0.4, 0.5) is 22.4 Å². The Morgan fingerprint density at radius 3 is 2.57 bits per heavy atom. The highest BCUT2D eigenvalue weighted by atomic mass is 32.2. The Morgan fingerprint density at radius 2 is 2.05 bits per heavy atom. The number of benzene rings is 1. The molecule has 1 saturated heterocycles. The first-order valence-electron chi connectivity index (χ1n) is 5.89. The van der Waals surface area contributed by atoms with Crippen LogP contribution in [0.25, 0.3) is 0 Å². The second kappa shape index (κ2) is 5.72. The Hall–Kier alpha value is -1.48. The van der Waals surface area contributed by atoms with E-state index in [1.165, 1.54) is 0 Å². The lowest BCUT2D eigenvalue weighted by Gasteiger charge is -2.37. The number of hydrogen-bond donors (Lipinski definition) is 1. The van der Waals surface area contributed by atoms with Gasteiger partial charge in [-0.05, 0) is 23.3 Å². The standard InChI is InChI=1S/C12H11F4NO3S/c13-10-3-1-2-9(12(14,15)16)8(10)6-21(20)7-4-17(5-7)11(18)19/h1-3,7H,4-6H2,(H,18,19). The third-order valence-electron chi connectivity index (χ3n) is 3.20. The van der Waals surface area contributed by atoms with Crippen LogP contribution in [0.5, 0.6) is 0 Å². The number of carboxylic acid groups (broad SMARTS) is 1. The maximum atomic E-state index is 13.6. The van der Waals surface area contributed by atoms with Gasteiger partial charge in [0, 0.05) is 5.56 Å². The third-order valence-corrected chi connectivity index (χ3v) is 4.82. The molecule has 0 bridgehead atoms. The van der Waals surface area contributed by atoms with Crippen LogP contribution in [0.2, 0.25) is 0 Å². The van der Waals surface area contributed by atoms with E-state index in [2.05, 4.69) is 0 Å². The number of alkyl halides is 3. The van der Waals surface area contributed by atoms with E-state index in [9.17, 15) is 26.9 Å². The molecule has 1 fully saturated rings. The Labute approximate surface area is 120 Å². The fourth-order valence-corrected chi connectivity index (χ4v) is 3.50. The molecule has 4 nitrogen and oxygen atoms in total. The summed E-state index contributed by atoms with van der Waals surface area (Å²) in [5.41, 5.74) is -1.79. The van der Waals surface area contributed by atoms with Gasteiger partial charge >= 0.3 is 12.3 Å². The quantitative estimate of drug-likeness (QED) is 0.686. The molecule has 1 aliphatic heterocycles. The van der Waals surface area contributed by atoms with E-state index in [0.717, 1.165) is 23.1 Å². The van der Waals surface area contributed by atoms with Crippen molar-refractivity contribution in [1.29, 1.82) is 0 Å². The number of nitrogens with zero attached hydrogens (tertiary/aromatic N) is 1. The largest absolute Gasteiger partial charge is 0.616 e. The zero-order valence-corrected chi connectivity index (χ0v) is 11.4. The molecule has 21 heavy (non-hydrogen) atoms. The number of amides is 1. The maximum absolute atomic E-state index is 13.6. The molecule has 9 heteroatoms. The predicted octanol–water partition coefficient (Wildman–Crippen LogP) is 2.46. The molecule has 0 aromatic heterocycles. The minimum Gasteiger partial charge on any atom is -0.616 e. The summed E-state index contributed by atoms with van der Waals surface area (Å²) < 4.78 is 63.9. The molecule has 0 saturated carbocycles. The first-order chi connectivity index (χ1) is 9.70.